The van der Waals surface area contributed by atoms with Crippen LogP contribution in [-0.4, -0.2) is 71.8 Å². The van der Waals surface area contributed by atoms with Crippen LogP contribution < -0.4 is 4.74 Å². The molecule has 0 unspecified atom stereocenters. The molecular formula is C27H36N4O4. The molecular weight excluding hydrogens is 444 g/mol. The number of benzene rings is 1. The SMILES string of the molecule is CCC(=NOCC=Cc1ccccc1)c1cc(OCC(=O)N(C)CC(=O)N2CCCCC2)n(C)c1. The number of likely N-dealkylation sites (N-methyl/N-ethyl adjacent to an activating group) is 1. The van der Waals surface area contributed by atoms with Gasteiger partial charge in [-0.15, -0.1) is 0 Å². The number of amides is 2. The molecule has 1 aromatic heterocycles. The second-order valence-corrected chi connectivity index (χ2v) is 8.66. The average Bonchev–Trinajstić information content (AvgIpc) is 3.25. The van der Waals surface area contributed by atoms with Crippen molar-refractivity contribution in [2.75, 3.05) is 39.9 Å². The van der Waals surface area contributed by atoms with E-state index in [0.717, 1.165) is 49.2 Å². The van der Waals surface area contributed by atoms with Gasteiger partial charge in [-0.2, -0.15) is 0 Å². The van der Waals surface area contributed by atoms with Gasteiger partial charge in [-0.1, -0.05) is 48.5 Å². The predicted molar refractivity (Wildman–Crippen MR) is 137 cm³/mol. The minimum Gasteiger partial charge on any atom is -0.469 e. The van der Waals surface area contributed by atoms with Crippen molar-refractivity contribution in [1.29, 1.82) is 0 Å². The van der Waals surface area contributed by atoms with E-state index in [1.807, 2.05) is 78.2 Å². The Bertz CT molecular complexity index is 1020. The molecule has 0 aliphatic carbocycles. The van der Waals surface area contributed by atoms with E-state index in [0.29, 0.717) is 18.9 Å². The van der Waals surface area contributed by atoms with Crippen molar-refractivity contribution in [3.63, 3.8) is 0 Å². The summed E-state index contributed by atoms with van der Waals surface area (Å²) in [6.07, 6.45) is 9.71. The molecule has 2 heterocycles. The van der Waals surface area contributed by atoms with Crippen LogP contribution >= 0.6 is 0 Å². The van der Waals surface area contributed by atoms with E-state index in [9.17, 15) is 9.59 Å². The molecule has 0 radical (unpaired) electrons. The number of carbonyl (C=O) groups is 2. The van der Waals surface area contributed by atoms with Crippen molar-refractivity contribution in [3.05, 3.63) is 59.8 Å². The summed E-state index contributed by atoms with van der Waals surface area (Å²) in [5.41, 5.74) is 2.77. The number of carbonyl (C=O) groups excluding carboxylic acids is 2. The molecule has 1 aromatic carbocycles. The summed E-state index contributed by atoms with van der Waals surface area (Å²) in [7, 11) is 3.49. The van der Waals surface area contributed by atoms with Gasteiger partial charge in [0.25, 0.3) is 5.91 Å². The van der Waals surface area contributed by atoms with Crippen molar-refractivity contribution in [2.45, 2.75) is 32.6 Å². The molecule has 1 saturated heterocycles. The van der Waals surface area contributed by atoms with Crippen molar-refractivity contribution in [1.82, 2.24) is 14.4 Å². The third kappa shape index (κ3) is 8.02. The van der Waals surface area contributed by atoms with E-state index < -0.39 is 0 Å². The molecule has 3 rings (SSSR count). The van der Waals surface area contributed by atoms with Crippen LogP contribution in [0.15, 0.2) is 53.8 Å². The second-order valence-electron chi connectivity index (χ2n) is 8.66. The van der Waals surface area contributed by atoms with Gasteiger partial charge in [0.15, 0.2) is 12.5 Å². The first kappa shape index (κ1) is 26.1. The molecule has 0 N–H and O–H groups in total. The molecule has 0 atom stereocenters. The topological polar surface area (TPSA) is 76.4 Å². The van der Waals surface area contributed by atoms with Crippen LogP contribution in [0.25, 0.3) is 6.08 Å². The molecule has 8 nitrogen and oxygen atoms in total. The van der Waals surface area contributed by atoms with E-state index in [1.165, 1.54) is 4.90 Å². The molecule has 1 aliphatic heterocycles. The number of piperidine rings is 1. The number of hydrogen-bond donors (Lipinski definition) is 0. The van der Waals surface area contributed by atoms with E-state index in [1.54, 1.807) is 7.05 Å². The molecule has 0 spiro atoms. The van der Waals surface area contributed by atoms with Crippen LogP contribution in [-0.2, 0) is 21.5 Å². The minimum atomic E-state index is -0.240. The number of rotatable bonds is 11. The second kappa shape index (κ2) is 13.4. The van der Waals surface area contributed by atoms with Gasteiger partial charge < -0.3 is 23.9 Å². The summed E-state index contributed by atoms with van der Waals surface area (Å²) < 4.78 is 7.56. The predicted octanol–water partition coefficient (Wildman–Crippen LogP) is 3.72. The number of aromatic nitrogens is 1. The Hall–Kier alpha value is -3.55. The van der Waals surface area contributed by atoms with E-state index in [2.05, 4.69) is 5.16 Å². The van der Waals surface area contributed by atoms with E-state index in [-0.39, 0.29) is 25.0 Å². The number of nitrogens with zero attached hydrogens (tertiary/aromatic N) is 4. The van der Waals surface area contributed by atoms with Crippen molar-refractivity contribution in [2.24, 2.45) is 12.2 Å². The van der Waals surface area contributed by atoms with Gasteiger partial charge in [0, 0.05) is 45.0 Å². The highest BCUT2D eigenvalue weighted by molar-refractivity contribution is 6.00. The standard InChI is InChI=1S/C27H36N4O4/c1-4-24(28-35-17-11-14-22-12-7-5-8-13-22)23-18-27(30(3)19-23)34-21-26(33)29(2)20-25(32)31-15-9-6-10-16-31/h5,7-8,11-14,18-19H,4,6,9-10,15-17,20-21H2,1-3H3. The van der Waals surface area contributed by atoms with Gasteiger partial charge in [0.1, 0.15) is 6.61 Å². The molecule has 0 saturated carbocycles. The normalized spacial score (nSPS) is 14.3. The zero-order chi connectivity index (χ0) is 25.0. The Morgan fingerprint density at radius 1 is 1.14 bits per heavy atom. The largest absolute Gasteiger partial charge is 0.469 e. The van der Waals surface area contributed by atoms with Crippen molar-refractivity contribution >= 4 is 23.6 Å². The monoisotopic (exact) mass is 480 g/mol. The van der Waals surface area contributed by atoms with Crippen LogP contribution in [0.2, 0.25) is 0 Å². The summed E-state index contributed by atoms with van der Waals surface area (Å²) >= 11 is 0. The Kier molecular flexibility index (Phi) is 9.95. The lowest BCUT2D eigenvalue weighted by Gasteiger charge is -2.28. The number of likely N-dealkylation sites (tertiary alicyclic amines) is 1. The highest BCUT2D eigenvalue weighted by Gasteiger charge is 2.20. The highest BCUT2D eigenvalue weighted by atomic mass is 16.6. The number of hydrogen-bond acceptors (Lipinski definition) is 5. The maximum atomic E-state index is 12.5. The van der Waals surface area contributed by atoms with Gasteiger partial charge in [0.2, 0.25) is 5.91 Å². The first-order chi connectivity index (χ1) is 17.0. The Balaban J connectivity index is 1.48. The fourth-order valence-electron chi connectivity index (χ4n) is 3.85. The molecule has 188 valence electrons. The highest BCUT2D eigenvalue weighted by Crippen LogP contribution is 2.18. The van der Waals surface area contributed by atoms with E-state index >= 15 is 0 Å². The van der Waals surface area contributed by atoms with Crippen LogP contribution in [0.5, 0.6) is 5.88 Å². The zero-order valence-corrected chi connectivity index (χ0v) is 21.0. The number of oxime groups is 1. The third-order valence-corrected chi connectivity index (χ3v) is 5.93. The zero-order valence-electron chi connectivity index (χ0n) is 21.0. The Morgan fingerprint density at radius 3 is 2.60 bits per heavy atom. The molecule has 0 bridgehead atoms. The molecule has 2 aromatic rings. The lowest BCUT2D eigenvalue weighted by molar-refractivity contribution is -0.141. The Morgan fingerprint density at radius 2 is 1.89 bits per heavy atom. The maximum absolute atomic E-state index is 12.5. The Labute approximate surface area is 207 Å². The minimum absolute atomic E-state index is 0.0101. The summed E-state index contributed by atoms with van der Waals surface area (Å²) in [4.78, 5) is 33.7. The molecule has 2 amide bonds. The van der Waals surface area contributed by atoms with Gasteiger partial charge in [-0.05, 0) is 37.3 Å². The van der Waals surface area contributed by atoms with Crippen molar-refractivity contribution < 1.29 is 19.2 Å². The summed E-state index contributed by atoms with van der Waals surface area (Å²) in [6.45, 7) is 3.86. The first-order valence-electron chi connectivity index (χ1n) is 12.2. The fourth-order valence-corrected chi connectivity index (χ4v) is 3.85. The van der Waals surface area contributed by atoms with Gasteiger partial charge in [0.05, 0.1) is 12.3 Å². The van der Waals surface area contributed by atoms with Gasteiger partial charge in [-0.3, -0.25) is 9.59 Å². The van der Waals surface area contributed by atoms with Crippen LogP contribution in [0, 0.1) is 0 Å². The maximum Gasteiger partial charge on any atom is 0.260 e. The molecule has 1 aliphatic rings. The lowest BCUT2D eigenvalue weighted by Crippen LogP contribution is -2.44. The fraction of sp³-hybridized carbons (Fsp3) is 0.444. The van der Waals surface area contributed by atoms with Crippen LogP contribution in [0.4, 0.5) is 0 Å². The van der Waals surface area contributed by atoms with Crippen LogP contribution in [0.1, 0.15) is 43.7 Å². The van der Waals surface area contributed by atoms with E-state index in [4.69, 9.17) is 9.57 Å². The average molecular weight is 481 g/mol. The van der Waals surface area contributed by atoms with Gasteiger partial charge in [-0.25, -0.2) is 0 Å². The quantitative estimate of drug-likeness (QED) is 0.279. The lowest BCUT2D eigenvalue weighted by atomic mass is 10.1. The number of aryl methyl sites for hydroxylation is 1. The summed E-state index contributed by atoms with van der Waals surface area (Å²) in [6, 6.07) is 11.9. The van der Waals surface area contributed by atoms with Crippen molar-refractivity contribution in [3.8, 4) is 5.88 Å². The third-order valence-electron chi connectivity index (χ3n) is 5.93. The molecule has 8 heteroatoms. The molecule has 1 fully saturated rings. The number of ether oxygens (including phenoxy) is 1. The summed E-state index contributed by atoms with van der Waals surface area (Å²) in [5, 5.41) is 4.28. The van der Waals surface area contributed by atoms with Gasteiger partial charge >= 0.3 is 0 Å². The van der Waals surface area contributed by atoms with Crippen LogP contribution in [0.3, 0.4) is 0 Å². The first-order valence-corrected chi connectivity index (χ1v) is 12.2. The smallest absolute Gasteiger partial charge is 0.260 e. The molecule has 35 heavy (non-hydrogen) atoms. The summed E-state index contributed by atoms with van der Waals surface area (Å²) in [5.74, 6) is 0.300.